The maximum atomic E-state index is 11.9. The molecule has 2 atom stereocenters. The number of hydrogen-bond donors (Lipinski definition) is 2. The molecule has 0 aromatic carbocycles. The third-order valence-corrected chi connectivity index (χ3v) is 5.63. The number of carbonyl (C=O) groups is 2. The van der Waals surface area contributed by atoms with Crippen molar-refractivity contribution in [3.63, 3.8) is 0 Å². The van der Waals surface area contributed by atoms with Gasteiger partial charge in [0.2, 0.25) is 5.91 Å². The summed E-state index contributed by atoms with van der Waals surface area (Å²) in [6, 6.07) is -0.250. The summed E-state index contributed by atoms with van der Waals surface area (Å²) in [4.78, 5) is 22.7. The Labute approximate surface area is 107 Å². The van der Waals surface area contributed by atoms with Gasteiger partial charge in [-0.05, 0) is 33.1 Å². The number of amides is 1. The molecule has 0 aromatic heterocycles. The molecule has 6 nitrogen and oxygen atoms in total. The van der Waals surface area contributed by atoms with Gasteiger partial charge in [0.25, 0.3) is 0 Å². The Hall–Kier alpha value is -1.11. The zero-order valence-corrected chi connectivity index (χ0v) is 11.6. The van der Waals surface area contributed by atoms with Gasteiger partial charge in [0.15, 0.2) is 9.84 Å². The van der Waals surface area contributed by atoms with Gasteiger partial charge in [0, 0.05) is 12.3 Å². The van der Waals surface area contributed by atoms with Gasteiger partial charge in [-0.3, -0.25) is 9.59 Å². The number of carboxylic acid groups (broad SMARTS) is 1. The van der Waals surface area contributed by atoms with Crippen LogP contribution < -0.4 is 5.32 Å². The predicted octanol–water partition coefficient (Wildman–Crippen LogP) is 0.179. The Morgan fingerprint density at radius 1 is 1.28 bits per heavy atom. The number of aliphatic carboxylic acids is 1. The molecule has 1 aliphatic rings. The standard InChI is InChI=1S/C11H19NO5S/c1-11(2,18(3,16)17)10(15)12-8-5-4-7(6-8)9(13)14/h7-8H,4-6H2,1-3H3,(H,12,15)(H,13,14)/t7-,8+/m1/s1. The normalized spacial score (nSPS) is 24.8. The zero-order chi connectivity index (χ0) is 14.1. The molecule has 0 heterocycles. The van der Waals surface area contributed by atoms with Crippen molar-refractivity contribution >= 4 is 21.7 Å². The Kier molecular flexibility index (Phi) is 4.05. The fourth-order valence-corrected chi connectivity index (χ4v) is 2.26. The van der Waals surface area contributed by atoms with E-state index >= 15 is 0 Å². The van der Waals surface area contributed by atoms with Crippen molar-refractivity contribution in [3.8, 4) is 0 Å². The Balaban J connectivity index is 2.65. The van der Waals surface area contributed by atoms with Crippen LogP contribution in [0.1, 0.15) is 33.1 Å². The largest absolute Gasteiger partial charge is 0.481 e. The van der Waals surface area contributed by atoms with E-state index in [-0.39, 0.29) is 6.04 Å². The van der Waals surface area contributed by atoms with Crippen molar-refractivity contribution in [2.24, 2.45) is 5.92 Å². The molecule has 1 aliphatic carbocycles. The topological polar surface area (TPSA) is 101 Å². The predicted molar refractivity (Wildman–Crippen MR) is 65.8 cm³/mol. The zero-order valence-electron chi connectivity index (χ0n) is 10.8. The van der Waals surface area contributed by atoms with Crippen LogP contribution in [0.3, 0.4) is 0 Å². The van der Waals surface area contributed by atoms with E-state index in [4.69, 9.17) is 5.11 Å². The van der Waals surface area contributed by atoms with Gasteiger partial charge in [0.05, 0.1) is 5.92 Å². The average molecular weight is 277 g/mol. The summed E-state index contributed by atoms with van der Waals surface area (Å²) >= 11 is 0. The van der Waals surface area contributed by atoms with Gasteiger partial charge in [-0.15, -0.1) is 0 Å². The van der Waals surface area contributed by atoms with Crippen LogP contribution in [0.2, 0.25) is 0 Å². The van der Waals surface area contributed by atoms with Crippen molar-refractivity contribution in [2.75, 3.05) is 6.26 Å². The molecule has 0 aliphatic heterocycles. The van der Waals surface area contributed by atoms with Gasteiger partial charge in [0.1, 0.15) is 4.75 Å². The van der Waals surface area contributed by atoms with Gasteiger partial charge < -0.3 is 10.4 Å². The Morgan fingerprint density at radius 2 is 1.83 bits per heavy atom. The first-order valence-electron chi connectivity index (χ1n) is 5.79. The van der Waals surface area contributed by atoms with Gasteiger partial charge in [-0.2, -0.15) is 0 Å². The monoisotopic (exact) mass is 277 g/mol. The van der Waals surface area contributed by atoms with E-state index in [2.05, 4.69) is 5.32 Å². The molecule has 0 saturated heterocycles. The molecule has 0 radical (unpaired) electrons. The summed E-state index contributed by atoms with van der Waals surface area (Å²) in [6.45, 7) is 2.70. The highest BCUT2D eigenvalue weighted by Crippen LogP contribution is 2.26. The van der Waals surface area contributed by atoms with E-state index in [1.54, 1.807) is 0 Å². The number of carbonyl (C=O) groups excluding carboxylic acids is 1. The Bertz CT molecular complexity index is 454. The van der Waals surface area contributed by atoms with E-state index in [0.717, 1.165) is 6.26 Å². The van der Waals surface area contributed by atoms with E-state index in [9.17, 15) is 18.0 Å². The highest BCUT2D eigenvalue weighted by molar-refractivity contribution is 7.92. The molecule has 7 heteroatoms. The minimum atomic E-state index is -3.50. The molecule has 0 bridgehead atoms. The molecule has 0 aromatic rings. The van der Waals surface area contributed by atoms with Crippen LogP contribution >= 0.6 is 0 Å². The highest BCUT2D eigenvalue weighted by Gasteiger charge is 2.40. The maximum absolute atomic E-state index is 11.9. The first-order chi connectivity index (χ1) is 8.05. The first kappa shape index (κ1) is 14.9. The molecular weight excluding hydrogens is 258 g/mol. The summed E-state index contributed by atoms with van der Waals surface area (Å²) in [6.07, 6.45) is 2.46. The third-order valence-electron chi connectivity index (χ3n) is 3.59. The molecular formula is C11H19NO5S. The van der Waals surface area contributed by atoms with Crippen molar-refractivity contribution in [1.29, 1.82) is 0 Å². The summed E-state index contributed by atoms with van der Waals surface area (Å²) in [5, 5.41) is 11.5. The second-order valence-electron chi connectivity index (χ2n) is 5.30. The lowest BCUT2D eigenvalue weighted by Gasteiger charge is -2.24. The minimum Gasteiger partial charge on any atom is -0.481 e. The molecule has 1 amide bonds. The second kappa shape index (κ2) is 4.87. The number of carboxylic acids is 1. The van der Waals surface area contributed by atoms with Crippen molar-refractivity contribution in [3.05, 3.63) is 0 Å². The lowest BCUT2D eigenvalue weighted by molar-refractivity contribution is -0.141. The van der Waals surface area contributed by atoms with Crippen LogP contribution in [0.4, 0.5) is 0 Å². The number of sulfone groups is 1. The van der Waals surface area contributed by atoms with E-state index in [1.807, 2.05) is 0 Å². The first-order valence-corrected chi connectivity index (χ1v) is 7.68. The van der Waals surface area contributed by atoms with Crippen molar-refractivity contribution in [2.45, 2.75) is 43.9 Å². The van der Waals surface area contributed by atoms with Crippen LogP contribution in [0.25, 0.3) is 0 Å². The molecule has 0 spiro atoms. The molecule has 1 saturated carbocycles. The molecule has 18 heavy (non-hydrogen) atoms. The van der Waals surface area contributed by atoms with E-state index in [1.165, 1.54) is 13.8 Å². The van der Waals surface area contributed by atoms with Crippen molar-refractivity contribution < 1.29 is 23.1 Å². The van der Waals surface area contributed by atoms with Crippen LogP contribution in [0.15, 0.2) is 0 Å². The second-order valence-corrected chi connectivity index (χ2v) is 7.87. The van der Waals surface area contributed by atoms with Crippen LogP contribution in [0.5, 0.6) is 0 Å². The van der Waals surface area contributed by atoms with E-state index < -0.39 is 32.4 Å². The van der Waals surface area contributed by atoms with Crippen LogP contribution in [-0.4, -0.2) is 42.4 Å². The summed E-state index contributed by atoms with van der Waals surface area (Å²) < 4.78 is 21.5. The quantitative estimate of drug-likeness (QED) is 0.763. The fourth-order valence-electron chi connectivity index (χ4n) is 1.86. The molecule has 1 fully saturated rings. The summed E-state index contributed by atoms with van der Waals surface area (Å²) in [5.41, 5.74) is 0. The molecule has 2 N–H and O–H groups in total. The lowest BCUT2D eigenvalue weighted by atomic mass is 10.1. The summed E-state index contributed by atoms with van der Waals surface area (Å²) in [7, 11) is -3.50. The number of hydrogen-bond acceptors (Lipinski definition) is 4. The maximum Gasteiger partial charge on any atom is 0.306 e. The van der Waals surface area contributed by atoms with Crippen LogP contribution in [-0.2, 0) is 19.4 Å². The molecule has 104 valence electrons. The molecule has 1 rings (SSSR count). The smallest absolute Gasteiger partial charge is 0.306 e. The highest BCUT2D eigenvalue weighted by atomic mass is 32.2. The van der Waals surface area contributed by atoms with Gasteiger partial charge in [-0.25, -0.2) is 8.42 Å². The van der Waals surface area contributed by atoms with E-state index in [0.29, 0.717) is 19.3 Å². The van der Waals surface area contributed by atoms with Crippen LogP contribution in [0, 0.1) is 5.92 Å². The average Bonchev–Trinajstić information content (AvgIpc) is 2.64. The summed E-state index contributed by atoms with van der Waals surface area (Å²) in [5.74, 6) is -1.88. The number of rotatable bonds is 4. The fraction of sp³-hybridized carbons (Fsp3) is 0.818. The Morgan fingerprint density at radius 3 is 2.22 bits per heavy atom. The van der Waals surface area contributed by atoms with Crippen molar-refractivity contribution in [1.82, 2.24) is 5.32 Å². The van der Waals surface area contributed by atoms with Gasteiger partial charge in [-0.1, -0.05) is 0 Å². The lowest BCUT2D eigenvalue weighted by Crippen LogP contribution is -2.50. The molecule has 0 unspecified atom stereocenters. The minimum absolute atomic E-state index is 0.250. The van der Waals surface area contributed by atoms with Gasteiger partial charge >= 0.3 is 5.97 Å². The SMILES string of the molecule is CC(C)(C(=O)N[C@H]1CC[C@@H](C(=O)O)C1)S(C)(=O)=O. The third kappa shape index (κ3) is 3.01. The number of nitrogens with one attached hydrogen (secondary N) is 1.